The zero-order valence-electron chi connectivity index (χ0n) is 20.2. The number of halogens is 1. The second-order valence-corrected chi connectivity index (χ2v) is 10.5. The summed E-state index contributed by atoms with van der Waals surface area (Å²) < 4.78 is 44.2. The van der Waals surface area contributed by atoms with Gasteiger partial charge in [0.15, 0.2) is 0 Å². The van der Waals surface area contributed by atoms with E-state index >= 15 is 0 Å². The van der Waals surface area contributed by atoms with Crippen LogP contribution in [0.1, 0.15) is 5.56 Å². The van der Waals surface area contributed by atoms with Crippen LogP contribution in [0.3, 0.4) is 0 Å². The molecule has 194 valence electrons. The Morgan fingerprint density at radius 2 is 1.76 bits per heavy atom. The summed E-state index contributed by atoms with van der Waals surface area (Å²) in [6.07, 6.45) is -1.05. The lowest BCUT2D eigenvalue weighted by Gasteiger charge is -2.34. The number of nitrogens with zero attached hydrogens (tertiary/aromatic N) is 2. The highest BCUT2D eigenvalue weighted by atomic mass is 35.5. The molecule has 0 radical (unpaired) electrons. The summed E-state index contributed by atoms with van der Waals surface area (Å²) in [5.74, 6) is -0.542. The van der Waals surface area contributed by atoms with E-state index in [1.165, 1.54) is 37.3 Å². The number of hydrogen-bond donors (Lipinski definition) is 0. The van der Waals surface area contributed by atoms with Crippen LogP contribution in [0.5, 0.6) is 11.5 Å². The summed E-state index contributed by atoms with van der Waals surface area (Å²) >= 11 is 6.20. The molecule has 0 bridgehead atoms. The number of carbonyl (C=O) groups excluding carboxylic acids is 2. The van der Waals surface area contributed by atoms with Crippen LogP contribution >= 0.6 is 11.6 Å². The van der Waals surface area contributed by atoms with Gasteiger partial charge in [-0.25, -0.2) is 13.2 Å². The van der Waals surface area contributed by atoms with Crippen LogP contribution in [-0.2, 0) is 30.9 Å². The summed E-state index contributed by atoms with van der Waals surface area (Å²) in [6.45, 7) is -0.690. The van der Waals surface area contributed by atoms with E-state index in [1.807, 2.05) is 6.07 Å². The van der Waals surface area contributed by atoms with Crippen molar-refractivity contribution in [2.45, 2.75) is 17.5 Å². The number of esters is 1. The molecule has 0 saturated heterocycles. The number of hydrogen-bond acceptors (Lipinski definition) is 7. The average Bonchev–Trinajstić information content (AvgIpc) is 2.92. The maximum Gasteiger partial charge on any atom is 0.348 e. The second kappa shape index (κ2) is 11.2. The number of fused-ring (bicyclic) bond motifs is 1. The Morgan fingerprint density at radius 3 is 2.43 bits per heavy atom. The van der Waals surface area contributed by atoms with Gasteiger partial charge in [-0.2, -0.15) is 4.31 Å². The number of amides is 1. The molecule has 9 nitrogen and oxygen atoms in total. The molecule has 1 unspecified atom stereocenters. The summed E-state index contributed by atoms with van der Waals surface area (Å²) in [6, 6.07) is 19.8. The molecular formula is C26H25ClN2O7S. The van der Waals surface area contributed by atoms with Crippen molar-refractivity contribution in [1.82, 2.24) is 4.31 Å². The van der Waals surface area contributed by atoms with E-state index in [1.54, 1.807) is 48.5 Å². The number of benzene rings is 3. The van der Waals surface area contributed by atoms with Crippen LogP contribution in [-0.4, -0.2) is 58.0 Å². The van der Waals surface area contributed by atoms with Gasteiger partial charge in [0.1, 0.15) is 11.5 Å². The van der Waals surface area contributed by atoms with E-state index in [4.69, 9.17) is 25.8 Å². The number of para-hydroxylation sites is 2. The molecule has 11 heteroatoms. The van der Waals surface area contributed by atoms with Crippen molar-refractivity contribution in [3.05, 3.63) is 83.4 Å². The van der Waals surface area contributed by atoms with Crippen LogP contribution in [0.2, 0.25) is 5.02 Å². The number of ether oxygens (including phenoxy) is 3. The number of carbonyl (C=O) groups is 2. The van der Waals surface area contributed by atoms with Crippen LogP contribution < -0.4 is 14.4 Å². The van der Waals surface area contributed by atoms with Gasteiger partial charge in [-0.05, 0) is 35.9 Å². The van der Waals surface area contributed by atoms with Gasteiger partial charge in [0.25, 0.3) is 0 Å². The van der Waals surface area contributed by atoms with Gasteiger partial charge in [0.05, 0.1) is 42.9 Å². The maximum absolute atomic E-state index is 13.7. The summed E-state index contributed by atoms with van der Waals surface area (Å²) in [5.41, 5.74) is 1.12. The van der Waals surface area contributed by atoms with Gasteiger partial charge in [-0.1, -0.05) is 54.1 Å². The van der Waals surface area contributed by atoms with Gasteiger partial charge in [-0.3, -0.25) is 4.79 Å². The highest BCUT2D eigenvalue weighted by Crippen LogP contribution is 2.34. The standard InChI is InChI=1S/C26H25ClN2O7S/c1-34-22-13-12-19(14-20(22)27)37(32,33)28(15-18-8-4-3-5-9-18)17-25(30)29-16-24(26(31)35-2)36-23-11-7-6-10-21(23)29/h3-14,24H,15-17H2,1-2H3. The highest BCUT2D eigenvalue weighted by molar-refractivity contribution is 7.89. The highest BCUT2D eigenvalue weighted by Gasteiger charge is 2.36. The third kappa shape index (κ3) is 5.71. The van der Waals surface area contributed by atoms with Crippen molar-refractivity contribution in [3.63, 3.8) is 0 Å². The SMILES string of the molecule is COC(=O)C1CN(C(=O)CN(Cc2ccccc2)S(=O)(=O)c2ccc(OC)c(Cl)c2)c2ccccc2O1. The molecule has 3 aromatic rings. The fourth-order valence-electron chi connectivity index (χ4n) is 3.93. The minimum atomic E-state index is -4.17. The minimum absolute atomic E-state index is 0.0645. The van der Waals surface area contributed by atoms with E-state index in [0.29, 0.717) is 22.7 Å². The third-order valence-corrected chi connectivity index (χ3v) is 7.90. The lowest BCUT2D eigenvalue weighted by molar-refractivity contribution is -0.148. The lowest BCUT2D eigenvalue weighted by Crippen LogP contribution is -2.50. The van der Waals surface area contributed by atoms with Gasteiger partial charge in [0, 0.05) is 6.54 Å². The Morgan fingerprint density at radius 1 is 1.05 bits per heavy atom. The molecule has 0 spiro atoms. The quantitative estimate of drug-likeness (QED) is 0.400. The molecule has 0 fully saturated rings. The minimum Gasteiger partial charge on any atom is -0.495 e. The van der Waals surface area contributed by atoms with Crippen molar-refractivity contribution < 1.29 is 32.2 Å². The molecule has 0 aromatic heterocycles. The average molecular weight is 545 g/mol. The normalized spacial score (nSPS) is 15.0. The van der Waals surface area contributed by atoms with Crippen molar-refractivity contribution in [1.29, 1.82) is 0 Å². The Labute approximate surface area is 220 Å². The topological polar surface area (TPSA) is 102 Å². The summed E-state index contributed by atoms with van der Waals surface area (Å²) in [4.78, 5) is 27.1. The van der Waals surface area contributed by atoms with Gasteiger partial charge >= 0.3 is 5.97 Å². The zero-order chi connectivity index (χ0) is 26.6. The molecule has 1 amide bonds. The monoisotopic (exact) mass is 544 g/mol. The number of anilines is 1. The zero-order valence-corrected chi connectivity index (χ0v) is 21.7. The molecule has 0 aliphatic carbocycles. The largest absolute Gasteiger partial charge is 0.495 e. The number of rotatable bonds is 8. The first-order chi connectivity index (χ1) is 17.7. The molecule has 1 aliphatic heterocycles. The molecule has 1 aliphatic rings. The Balaban J connectivity index is 1.69. The first kappa shape index (κ1) is 26.5. The van der Waals surface area contributed by atoms with Crippen LogP contribution in [0.15, 0.2) is 77.7 Å². The van der Waals surface area contributed by atoms with E-state index in [0.717, 1.165) is 4.31 Å². The molecule has 4 rings (SSSR count). The van der Waals surface area contributed by atoms with E-state index in [2.05, 4.69) is 0 Å². The Hall–Kier alpha value is -3.60. The van der Waals surface area contributed by atoms with Crippen LogP contribution in [0, 0.1) is 0 Å². The van der Waals surface area contributed by atoms with Crippen LogP contribution in [0.25, 0.3) is 0 Å². The van der Waals surface area contributed by atoms with Crippen molar-refractivity contribution in [3.8, 4) is 11.5 Å². The van der Waals surface area contributed by atoms with Crippen molar-refractivity contribution in [2.24, 2.45) is 0 Å². The summed E-state index contributed by atoms with van der Waals surface area (Å²) in [7, 11) is -1.51. The van der Waals surface area contributed by atoms with Crippen molar-refractivity contribution >= 4 is 39.2 Å². The third-order valence-electron chi connectivity index (χ3n) is 5.81. The fourth-order valence-corrected chi connectivity index (χ4v) is 5.66. The molecule has 1 atom stereocenters. The predicted molar refractivity (Wildman–Crippen MR) is 137 cm³/mol. The molecular weight excluding hydrogens is 520 g/mol. The van der Waals surface area contributed by atoms with Gasteiger partial charge < -0.3 is 19.1 Å². The predicted octanol–water partition coefficient (Wildman–Crippen LogP) is 3.51. The van der Waals surface area contributed by atoms with E-state index < -0.39 is 34.5 Å². The first-order valence-corrected chi connectivity index (χ1v) is 13.1. The van der Waals surface area contributed by atoms with Crippen molar-refractivity contribution in [2.75, 3.05) is 32.2 Å². The molecule has 37 heavy (non-hydrogen) atoms. The van der Waals surface area contributed by atoms with E-state index in [-0.39, 0.29) is 23.0 Å². The van der Waals surface area contributed by atoms with Gasteiger partial charge in [-0.15, -0.1) is 0 Å². The summed E-state index contributed by atoms with van der Waals surface area (Å²) in [5, 5.41) is 0.123. The molecule has 0 N–H and O–H groups in total. The molecule has 3 aromatic carbocycles. The second-order valence-electron chi connectivity index (χ2n) is 8.16. The van der Waals surface area contributed by atoms with Crippen LogP contribution in [0.4, 0.5) is 5.69 Å². The molecule has 0 saturated carbocycles. The number of methoxy groups -OCH3 is 2. The van der Waals surface area contributed by atoms with E-state index in [9.17, 15) is 18.0 Å². The smallest absolute Gasteiger partial charge is 0.348 e. The Bertz CT molecular complexity index is 1400. The Kier molecular flexibility index (Phi) is 8.01. The maximum atomic E-state index is 13.7. The fraction of sp³-hybridized carbons (Fsp3) is 0.231. The number of sulfonamides is 1. The van der Waals surface area contributed by atoms with Gasteiger partial charge in [0.2, 0.25) is 22.0 Å². The lowest BCUT2D eigenvalue weighted by atomic mass is 10.2. The molecule has 1 heterocycles. The first-order valence-electron chi connectivity index (χ1n) is 11.3.